The largest absolute Gasteiger partial charge is 0.334 e. The van der Waals surface area contributed by atoms with Gasteiger partial charge in [0.1, 0.15) is 0 Å². The Kier molecular flexibility index (Phi) is 3.32. The van der Waals surface area contributed by atoms with Crippen LogP contribution in [0.15, 0.2) is 30.9 Å². The highest BCUT2D eigenvalue weighted by atomic mass is 16.2. The maximum atomic E-state index is 11.5. The molecule has 1 heterocycles. The number of nitrogens with zero attached hydrogens (tertiary/aromatic N) is 1. The van der Waals surface area contributed by atoms with Crippen molar-refractivity contribution in [3.05, 3.63) is 36.4 Å². The highest BCUT2D eigenvalue weighted by Crippen LogP contribution is 2.29. The Morgan fingerprint density at radius 1 is 1.56 bits per heavy atom. The van der Waals surface area contributed by atoms with Crippen LogP contribution in [0, 0.1) is 0 Å². The molecule has 0 fully saturated rings. The smallest absolute Gasteiger partial charge is 0.319 e. The average molecular weight is 245 g/mol. The first-order valence-corrected chi connectivity index (χ1v) is 5.67. The summed E-state index contributed by atoms with van der Waals surface area (Å²) in [6, 6.07) is 5.15. The summed E-state index contributed by atoms with van der Waals surface area (Å²) < 4.78 is 0. The number of carbonyl (C=O) groups is 2. The van der Waals surface area contributed by atoms with Crippen molar-refractivity contribution in [2.75, 3.05) is 23.8 Å². The molecule has 1 aromatic rings. The van der Waals surface area contributed by atoms with Crippen molar-refractivity contribution in [2.45, 2.75) is 6.42 Å². The van der Waals surface area contributed by atoms with Crippen molar-refractivity contribution in [3.63, 3.8) is 0 Å². The second kappa shape index (κ2) is 4.91. The van der Waals surface area contributed by atoms with Crippen molar-refractivity contribution >= 4 is 23.3 Å². The predicted molar refractivity (Wildman–Crippen MR) is 70.8 cm³/mol. The molecule has 0 saturated carbocycles. The molecule has 18 heavy (non-hydrogen) atoms. The Morgan fingerprint density at radius 3 is 3.06 bits per heavy atom. The van der Waals surface area contributed by atoms with Crippen LogP contribution in [0.1, 0.15) is 5.56 Å². The number of carbonyl (C=O) groups excluding carboxylic acids is 2. The number of hydrogen-bond acceptors (Lipinski definition) is 2. The van der Waals surface area contributed by atoms with E-state index in [1.165, 1.54) is 0 Å². The van der Waals surface area contributed by atoms with Crippen LogP contribution >= 0.6 is 0 Å². The van der Waals surface area contributed by atoms with Gasteiger partial charge < -0.3 is 15.5 Å². The zero-order chi connectivity index (χ0) is 13.1. The molecule has 2 rings (SSSR count). The summed E-state index contributed by atoms with van der Waals surface area (Å²) in [5.41, 5.74) is 2.51. The second-order valence-electron chi connectivity index (χ2n) is 4.10. The van der Waals surface area contributed by atoms with Gasteiger partial charge in [0, 0.05) is 25.0 Å². The quantitative estimate of drug-likeness (QED) is 0.793. The van der Waals surface area contributed by atoms with Gasteiger partial charge in [-0.15, -0.1) is 6.58 Å². The fourth-order valence-corrected chi connectivity index (χ4v) is 1.89. The van der Waals surface area contributed by atoms with Gasteiger partial charge in [0.15, 0.2) is 0 Å². The fraction of sp³-hybridized carbons (Fsp3) is 0.231. The van der Waals surface area contributed by atoms with Crippen LogP contribution in [-0.4, -0.2) is 25.5 Å². The van der Waals surface area contributed by atoms with Crippen LogP contribution in [0.4, 0.5) is 16.2 Å². The van der Waals surface area contributed by atoms with Crippen LogP contribution in [0.3, 0.4) is 0 Å². The molecule has 5 heteroatoms. The molecular formula is C13H15N3O2. The maximum Gasteiger partial charge on any atom is 0.319 e. The van der Waals surface area contributed by atoms with E-state index < -0.39 is 0 Å². The van der Waals surface area contributed by atoms with Crippen molar-refractivity contribution in [2.24, 2.45) is 0 Å². The monoisotopic (exact) mass is 245 g/mol. The first kappa shape index (κ1) is 12.2. The Bertz CT molecular complexity index is 511. The summed E-state index contributed by atoms with van der Waals surface area (Å²) in [5, 5.41) is 5.33. The average Bonchev–Trinajstić information content (AvgIpc) is 2.62. The molecule has 94 valence electrons. The zero-order valence-electron chi connectivity index (χ0n) is 10.2. The van der Waals surface area contributed by atoms with E-state index in [0.29, 0.717) is 18.7 Å². The second-order valence-corrected chi connectivity index (χ2v) is 4.10. The number of urea groups is 1. The van der Waals surface area contributed by atoms with E-state index >= 15 is 0 Å². The summed E-state index contributed by atoms with van der Waals surface area (Å²) in [4.78, 5) is 24.6. The van der Waals surface area contributed by atoms with Crippen molar-refractivity contribution < 1.29 is 9.59 Å². The molecule has 3 amide bonds. The van der Waals surface area contributed by atoms with Crippen LogP contribution < -0.4 is 15.5 Å². The van der Waals surface area contributed by atoms with Gasteiger partial charge in [0.2, 0.25) is 5.91 Å². The minimum Gasteiger partial charge on any atom is -0.334 e. The normalized spacial score (nSPS) is 13.2. The lowest BCUT2D eigenvalue weighted by Gasteiger charge is -2.11. The van der Waals surface area contributed by atoms with E-state index in [-0.39, 0.29) is 11.9 Å². The van der Waals surface area contributed by atoms with E-state index in [1.54, 1.807) is 24.1 Å². The highest BCUT2D eigenvalue weighted by molar-refractivity contribution is 6.01. The number of anilines is 2. The summed E-state index contributed by atoms with van der Waals surface area (Å²) in [6.07, 6.45) is 1.99. The minimum atomic E-state index is -0.285. The summed E-state index contributed by atoms with van der Waals surface area (Å²) in [6.45, 7) is 3.93. The minimum absolute atomic E-state index is 0.0678. The molecule has 0 saturated heterocycles. The molecule has 0 atom stereocenters. The molecule has 0 unspecified atom stereocenters. The number of rotatable bonds is 3. The van der Waals surface area contributed by atoms with Crippen LogP contribution in [0.2, 0.25) is 0 Å². The number of benzene rings is 1. The van der Waals surface area contributed by atoms with Gasteiger partial charge >= 0.3 is 6.03 Å². The molecular weight excluding hydrogens is 230 g/mol. The number of hydrogen-bond donors (Lipinski definition) is 2. The Balaban J connectivity index is 2.09. The van der Waals surface area contributed by atoms with E-state index in [2.05, 4.69) is 17.2 Å². The van der Waals surface area contributed by atoms with Gasteiger partial charge in [-0.2, -0.15) is 0 Å². The maximum absolute atomic E-state index is 11.5. The van der Waals surface area contributed by atoms with E-state index in [9.17, 15) is 9.59 Å². The molecule has 0 aliphatic carbocycles. The topological polar surface area (TPSA) is 61.4 Å². The predicted octanol–water partition coefficient (Wildman–Crippen LogP) is 1.51. The molecule has 1 aromatic carbocycles. The SMILES string of the molecule is C=CCNC(=O)Nc1ccc2c(c1)CC(=O)N2C. The van der Waals surface area contributed by atoms with Crippen molar-refractivity contribution in [3.8, 4) is 0 Å². The first-order valence-electron chi connectivity index (χ1n) is 5.67. The number of likely N-dealkylation sites (N-methyl/N-ethyl adjacent to an activating group) is 1. The lowest BCUT2D eigenvalue weighted by molar-refractivity contribution is -0.117. The van der Waals surface area contributed by atoms with Crippen molar-refractivity contribution in [1.82, 2.24) is 5.32 Å². The highest BCUT2D eigenvalue weighted by Gasteiger charge is 2.23. The summed E-state index contributed by atoms with van der Waals surface area (Å²) >= 11 is 0. The van der Waals surface area contributed by atoms with Gasteiger partial charge in [-0.3, -0.25) is 4.79 Å². The Hall–Kier alpha value is -2.30. The molecule has 2 N–H and O–H groups in total. The number of amides is 3. The van der Waals surface area contributed by atoms with E-state index in [4.69, 9.17) is 0 Å². The third-order valence-corrected chi connectivity index (χ3v) is 2.82. The molecule has 0 radical (unpaired) electrons. The van der Waals surface area contributed by atoms with Crippen LogP contribution in [0.5, 0.6) is 0 Å². The van der Waals surface area contributed by atoms with E-state index in [1.807, 2.05) is 12.1 Å². The zero-order valence-corrected chi connectivity index (χ0v) is 10.2. The molecule has 0 aromatic heterocycles. The third kappa shape index (κ3) is 2.34. The Morgan fingerprint density at radius 2 is 2.33 bits per heavy atom. The standard InChI is InChI=1S/C13H15N3O2/c1-3-6-14-13(18)15-10-4-5-11-9(7-10)8-12(17)16(11)2/h3-5,7H,1,6,8H2,2H3,(H2,14,15,18). The van der Waals surface area contributed by atoms with Gasteiger partial charge in [-0.1, -0.05) is 6.08 Å². The Labute approximate surface area is 105 Å². The summed E-state index contributed by atoms with van der Waals surface area (Å²) in [5.74, 6) is 0.0678. The van der Waals surface area contributed by atoms with Gasteiger partial charge in [-0.25, -0.2) is 4.79 Å². The third-order valence-electron chi connectivity index (χ3n) is 2.82. The number of fused-ring (bicyclic) bond motifs is 1. The van der Waals surface area contributed by atoms with Crippen LogP contribution in [-0.2, 0) is 11.2 Å². The molecule has 1 aliphatic heterocycles. The molecule has 1 aliphatic rings. The van der Waals surface area contributed by atoms with Crippen LogP contribution in [0.25, 0.3) is 0 Å². The fourth-order valence-electron chi connectivity index (χ4n) is 1.89. The number of nitrogens with one attached hydrogen (secondary N) is 2. The van der Waals surface area contributed by atoms with Gasteiger partial charge in [-0.05, 0) is 23.8 Å². The van der Waals surface area contributed by atoms with E-state index in [0.717, 1.165) is 11.3 Å². The lowest BCUT2D eigenvalue weighted by atomic mass is 10.1. The molecule has 0 spiro atoms. The van der Waals surface area contributed by atoms with Gasteiger partial charge in [0.05, 0.1) is 6.42 Å². The summed E-state index contributed by atoms with van der Waals surface area (Å²) in [7, 11) is 1.75. The molecule has 0 bridgehead atoms. The molecule has 5 nitrogen and oxygen atoms in total. The van der Waals surface area contributed by atoms with Gasteiger partial charge in [0.25, 0.3) is 0 Å². The lowest BCUT2D eigenvalue weighted by Crippen LogP contribution is -2.28. The first-order chi connectivity index (χ1) is 8.61. The van der Waals surface area contributed by atoms with Crippen molar-refractivity contribution in [1.29, 1.82) is 0 Å².